The average molecular weight is 1380 g/mol. The number of phosphoric ester groups is 2. The molecule has 552 valence electrons. The topological polar surface area (TPSA) is 237 Å². The van der Waals surface area contributed by atoms with E-state index in [2.05, 4.69) is 64.2 Å². The van der Waals surface area contributed by atoms with Crippen LogP contribution in [0, 0.1) is 0 Å². The summed E-state index contributed by atoms with van der Waals surface area (Å²) in [6.07, 6.45) is 62.8. The van der Waals surface area contributed by atoms with Gasteiger partial charge in [0.2, 0.25) is 0 Å². The summed E-state index contributed by atoms with van der Waals surface area (Å²) in [6.45, 7) is 4.84. The van der Waals surface area contributed by atoms with E-state index in [1.807, 2.05) is 0 Å². The van der Waals surface area contributed by atoms with Gasteiger partial charge in [-0.3, -0.25) is 37.3 Å². The lowest BCUT2D eigenvalue weighted by molar-refractivity contribution is -0.161. The number of hydrogen-bond donors (Lipinski definition) is 3. The van der Waals surface area contributed by atoms with Crippen LogP contribution in [-0.2, 0) is 65.4 Å². The Hall–Kier alpha value is -2.72. The van der Waals surface area contributed by atoms with Gasteiger partial charge in [0.25, 0.3) is 0 Å². The minimum Gasteiger partial charge on any atom is -0.462 e. The number of hydrogen-bond acceptors (Lipinski definition) is 15. The largest absolute Gasteiger partial charge is 0.472 e. The van der Waals surface area contributed by atoms with Gasteiger partial charge < -0.3 is 33.8 Å². The van der Waals surface area contributed by atoms with Crippen molar-refractivity contribution < 1.29 is 80.2 Å². The molecule has 0 fully saturated rings. The Bertz CT molecular complexity index is 1930. The number of esters is 4. The molecule has 0 aromatic heterocycles. The molecule has 5 unspecified atom stereocenters. The Morgan fingerprint density at radius 3 is 0.840 bits per heavy atom. The van der Waals surface area contributed by atoms with E-state index in [1.54, 1.807) is 0 Å². The molecule has 0 amide bonds. The van der Waals surface area contributed by atoms with Gasteiger partial charge in [0.05, 0.1) is 26.4 Å². The molecule has 0 aliphatic rings. The number of aliphatic hydroxyl groups excluding tert-OH is 1. The Balaban J connectivity index is 5.28. The predicted octanol–water partition coefficient (Wildman–Crippen LogP) is 21.6. The lowest BCUT2D eigenvalue weighted by atomic mass is 10.0. The highest BCUT2D eigenvalue weighted by atomic mass is 31.2. The first-order valence-corrected chi connectivity index (χ1v) is 41.2. The third-order valence-electron chi connectivity index (χ3n) is 16.6. The molecule has 0 spiro atoms. The highest BCUT2D eigenvalue weighted by molar-refractivity contribution is 7.47. The monoisotopic (exact) mass is 1370 g/mol. The van der Waals surface area contributed by atoms with Crippen molar-refractivity contribution in [3.8, 4) is 0 Å². The predicted molar refractivity (Wildman–Crippen MR) is 381 cm³/mol. The second-order valence-electron chi connectivity index (χ2n) is 26.0. The smallest absolute Gasteiger partial charge is 0.462 e. The molecular formula is C75H140O17P2. The van der Waals surface area contributed by atoms with Crippen molar-refractivity contribution in [3.63, 3.8) is 0 Å². The Kier molecular flexibility index (Phi) is 66.8. The molecule has 19 heteroatoms. The maximum absolute atomic E-state index is 13.0. The van der Waals surface area contributed by atoms with Gasteiger partial charge >= 0.3 is 39.5 Å². The summed E-state index contributed by atoms with van der Waals surface area (Å²) < 4.78 is 68.4. The van der Waals surface area contributed by atoms with Crippen LogP contribution in [0.1, 0.15) is 362 Å². The van der Waals surface area contributed by atoms with Gasteiger partial charge in [-0.15, -0.1) is 0 Å². The van der Waals surface area contributed by atoms with Crippen LogP contribution < -0.4 is 0 Å². The van der Waals surface area contributed by atoms with E-state index in [0.29, 0.717) is 25.7 Å². The van der Waals surface area contributed by atoms with Crippen molar-refractivity contribution in [1.29, 1.82) is 0 Å². The van der Waals surface area contributed by atoms with Crippen molar-refractivity contribution in [1.82, 2.24) is 0 Å². The summed E-state index contributed by atoms with van der Waals surface area (Å²) >= 11 is 0. The second kappa shape index (κ2) is 68.8. The lowest BCUT2D eigenvalue weighted by Gasteiger charge is -2.21. The molecule has 3 N–H and O–H groups in total. The summed E-state index contributed by atoms with van der Waals surface area (Å²) in [5.74, 6) is -2.16. The van der Waals surface area contributed by atoms with E-state index in [0.717, 1.165) is 135 Å². The van der Waals surface area contributed by atoms with Crippen LogP contribution in [0.25, 0.3) is 0 Å². The van der Waals surface area contributed by atoms with E-state index < -0.39 is 97.5 Å². The number of carbonyl (C=O) groups excluding carboxylic acids is 4. The molecule has 0 saturated heterocycles. The van der Waals surface area contributed by atoms with Crippen LogP contribution >= 0.6 is 15.6 Å². The second-order valence-corrected chi connectivity index (χ2v) is 28.9. The van der Waals surface area contributed by atoms with Crippen molar-refractivity contribution in [2.45, 2.75) is 380 Å². The van der Waals surface area contributed by atoms with Crippen LogP contribution in [-0.4, -0.2) is 96.7 Å². The van der Waals surface area contributed by atoms with E-state index in [4.69, 9.17) is 37.0 Å². The summed E-state index contributed by atoms with van der Waals surface area (Å²) in [4.78, 5) is 72.7. The first kappa shape index (κ1) is 91.3. The summed E-state index contributed by atoms with van der Waals surface area (Å²) in [6, 6.07) is 0. The Labute approximate surface area is 573 Å². The number of ether oxygens (including phenoxy) is 4. The van der Waals surface area contributed by atoms with Gasteiger partial charge in [-0.1, -0.05) is 295 Å². The molecule has 0 aliphatic heterocycles. The van der Waals surface area contributed by atoms with Crippen LogP contribution in [0.15, 0.2) is 36.5 Å². The Morgan fingerprint density at radius 2 is 0.543 bits per heavy atom. The third-order valence-corrected chi connectivity index (χ3v) is 18.5. The molecule has 0 aromatic carbocycles. The molecule has 94 heavy (non-hydrogen) atoms. The fourth-order valence-electron chi connectivity index (χ4n) is 10.7. The number of carbonyl (C=O) groups is 4. The molecule has 17 nitrogen and oxygen atoms in total. The zero-order valence-corrected chi connectivity index (χ0v) is 61.9. The molecule has 0 bridgehead atoms. The summed E-state index contributed by atoms with van der Waals surface area (Å²) in [5.41, 5.74) is 0. The Morgan fingerprint density at radius 1 is 0.298 bits per heavy atom. The third kappa shape index (κ3) is 67.8. The van der Waals surface area contributed by atoms with Crippen molar-refractivity contribution in [2.24, 2.45) is 0 Å². The summed E-state index contributed by atoms with van der Waals surface area (Å²) in [7, 11) is -9.92. The van der Waals surface area contributed by atoms with Crippen LogP contribution in [0.5, 0.6) is 0 Å². The molecule has 5 atom stereocenters. The van der Waals surface area contributed by atoms with E-state index in [1.165, 1.54) is 148 Å². The van der Waals surface area contributed by atoms with Gasteiger partial charge in [0.15, 0.2) is 12.2 Å². The van der Waals surface area contributed by atoms with E-state index >= 15 is 0 Å². The molecule has 0 aromatic rings. The quantitative estimate of drug-likeness (QED) is 0.0169. The van der Waals surface area contributed by atoms with Crippen molar-refractivity contribution in [3.05, 3.63) is 36.5 Å². The van der Waals surface area contributed by atoms with Gasteiger partial charge in [0, 0.05) is 25.7 Å². The molecular weight excluding hydrogens is 1230 g/mol. The van der Waals surface area contributed by atoms with E-state index in [-0.39, 0.29) is 25.7 Å². The van der Waals surface area contributed by atoms with Crippen LogP contribution in [0.4, 0.5) is 0 Å². The average Bonchev–Trinajstić information content (AvgIpc) is 1.22. The van der Waals surface area contributed by atoms with Gasteiger partial charge in [-0.05, 0) is 77.0 Å². The first-order valence-electron chi connectivity index (χ1n) is 38.2. The normalized spacial score (nSPS) is 14.2. The van der Waals surface area contributed by atoms with Crippen molar-refractivity contribution >= 4 is 39.5 Å². The maximum Gasteiger partial charge on any atom is 0.472 e. The van der Waals surface area contributed by atoms with E-state index in [9.17, 15) is 43.2 Å². The van der Waals surface area contributed by atoms with Crippen LogP contribution in [0.2, 0.25) is 0 Å². The van der Waals surface area contributed by atoms with Gasteiger partial charge in [-0.2, -0.15) is 0 Å². The lowest BCUT2D eigenvalue weighted by Crippen LogP contribution is -2.30. The highest BCUT2D eigenvalue weighted by Gasteiger charge is 2.30. The molecule has 0 saturated carbocycles. The van der Waals surface area contributed by atoms with Gasteiger partial charge in [0.1, 0.15) is 19.3 Å². The fraction of sp³-hybridized carbons (Fsp3) is 0.867. The SMILES string of the molecule is CCC/C=C\C/C=C\CCCCCCCC(=O)OC(COC(=O)CCCCCCC/C=C\CCCCCCCC)COP(=O)(O)OCC(O)COP(=O)(O)OCC(COC(=O)CCCCCCCCCCCCCCCCC)OC(=O)CCCCCCCCCCCCC. The number of aliphatic hydroxyl groups is 1. The van der Waals surface area contributed by atoms with Crippen molar-refractivity contribution in [2.75, 3.05) is 39.6 Å². The van der Waals surface area contributed by atoms with Gasteiger partial charge in [-0.25, -0.2) is 9.13 Å². The summed E-state index contributed by atoms with van der Waals surface area (Å²) in [5, 5.41) is 10.6. The number of allylic oxidation sites excluding steroid dienone is 6. The molecule has 0 aliphatic carbocycles. The number of unbranched alkanes of at least 4 members (excludes halogenated alkanes) is 41. The molecule has 0 radical (unpaired) electrons. The number of rotatable bonds is 73. The minimum absolute atomic E-state index is 0.0829. The number of phosphoric acid groups is 2. The zero-order valence-electron chi connectivity index (χ0n) is 60.2. The molecule has 0 heterocycles. The standard InChI is InChI=1S/C75H140O17P2/c1-5-9-13-17-21-25-29-32-34-37-40-43-47-51-55-59-72(77)85-65-70(91-74(79)61-57-53-49-45-39-28-24-20-16-12-8-4)67-89-93(81,82)87-63-69(76)64-88-94(83,84)90-68-71(92-75(80)62-58-54-50-46-42-36-31-27-23-19-15-11-7-3)66-86-73(78)60-56-52-48-44-41-38-35-33-30-26-22-18-14-10-6-2/h15,19,27,31,33,35,69-71,76H,5-14,16-18,20-26,28-30,32,34,36-68H2,1-4H3,(H,81,82)(H,83,84)/b19-15-,31-27-,35-33-. The first-order chi connectivity index (χ1) is 45.7. The van der Waals surface area contributed by atoms with Crippen LogP contribution in [0.3, 0.4) is 0 Å². The maximum atomic E-state index is 13.0. The minimum atomic E-state index is -4.97. The molecule has 0 rings (SSSR count). The zero-order chi connectivity index (χ0) is 69.0. The fourth-order valence-corrected chi connectivity index (χ4v) is 12.3. The highest BCUT2D eigenvalue weighted by Crippen LogP contribution is 2.45.